The number of terminal acetylenes is 1. The number of hydrogen-bond donors (Lipinski definition) is 1. The van der Waals surface area contributed by atoms with Crippen LogP contribution in [0.3, 0.4) is 0 Å². The zero-order chi connectivity index (χ0) is 19.8. The number of nitrogens with zero attached hydrogens (tertiary/aromatic N) is 3. The van der Waals surface area contributed by atoms with Crippen molar-refractivity contribution in [2.45, 2.75) is 18.9 Å². The molecule has 1 N–H and O–H groups in total. The van der Waals surface area contributed by atoms with Gasteiger partial charge in [-0.1, -0.05) is 5.92 Å². The molecule has 4 amide bonds. The maximum atomic E-state index is 12.9. The van der Waals surface area contributed by atoms with Gasteiger partial charge in [0, 0.05) is 38.3 Å². The van der Waals surface area contributed by atoms with Crippen molar-refractivity contribution in [2.24, 2.45) is 0 Å². The van der Waals surface area contributed by atoms with E-state index in [1.807, 2.05) is 6.07 Å². The molecule has 8 nitrogen and oxygen atoms in total. The molecule has 3 aliphatic rings. The van der Waals surface area contributed by atoms with Gasteiger partial charge < -0.3 is 4.90 Å². The number of imide groups is 2. The maximum absolute atomic E-state index is 12.9. The lowest BCUT2D eigenvalue weighted by Gasteiger charge is -2.35. The molecule has 2 saturated heterocycles. The molecule has 1 atom stereocenters. The Morgan fingerprint density at radius 1 is 1.04 bits per heavy atom. The highest BCUT2D eigenvalue weighted by Gasteiger charge is 2.44. The van der Waals surface area contributed by atoms with Crippen LogP contribution in [0.25, 0.3) is 0 Å². The number of nitrogens with one attached hydrogen (secondary N) is 1. The van der Waals surface area contributed by atoms with Gasteiger partial charge in [0.05, 0.1) is 17.7 Å². The number of amides is 4. The summed E-state index contributed by atoms with van der Waals surface area (Å²) in [5, 5.41) is 2.20. The lowest BCUT2D eigenvalue weighted by molar-refractivity contribution is -0.136. The minimum Gasteiger partial charge on any atom is -0.369 e. The summed E-state index contributed by atoms with van der Waals surface area (Å²) in [5.41, 5.74) is 1.47. The van der Waals surface area contributed by atoms with Crippen LogP contribution in [0.2, 0.25) is 0 Å². The Bertz CT molecular complexity index is 911. The SMILES string of the molecule is C#CCN1CCN(c2ccc3c(c2)C(=O)N(C2CCC(=O)NC2=O)C3=O)CC1. The molecular weight excluding hydrogens is 360 g/mol. The fourth-order valence-electron chi connectivity index (χ4n) is 3.95. The summed E-state index contributed by atoms with van der Waals surface area (Å²) in [4.78, 5) is 54.4. The molecule has 28 heavy (non-hydrogen) atoms. The lowest BCUT2D eigenvalue weighted by atomic mass is 10.0. The molecule has 2 fully saturated rings. The van der Waals surface area contributed by atoms with Crippen molar-refractivity contribution in [2.75, 3.05) is 37.6 Å². The summed E-state index contributed by atoms with van der Waals surface area (Å²) in [7, 11) is 0. The average molecular weight is 380 g/mol. The van der Waals surface area contributed by atoms with Crippen LogP contribution >= 0.6 is 0 Å². The van der Waals surface area contributed by atoms with Gasteiger partial charge in [0.2, 0.25) is 11.8 Å². The zero-order valence-corrected chi connectivity index (χ0v) is 15.3. The summed E-state index contributed by atoms with van der Waals surface area (Å²) in [5.74, 6) is 0.688. The summed E-state index contributed by atoms with van der Waals surface area (Å²) in [6.07, 6.45) is 5.62. The van der Waals surface area contributed by atoms with E-state index in [2.05, 4.69) is 21.0 Å². The highest BCUT2D eigenvalue weighted by atomic mass is 16.2. The zero-order valence-electron chi connectivity index (χ0n) is 15.3. The summed E-state index contributed by atoms with van der Waals surface area (Å²) in [6, 6.07) is 4.25. The fourth-order valence-corrected chi connectivity index (χ4v) is 3.95. The molecule has 144 valence electrons. The van der Waals surface area contributed by atoms with Crippen LogP contribution in [0, 0.1) is 12.3 Å². The molecule has 1 aromatic carbocycles. The van der Waals surface area contributed by atoms with Gasteiger partial charge in [-0.3, -0.25) is 34.3 Å². The number of benzene rings is 1. The van der Waals surface area contributed by atoms with Crippen molar-refractivity contribution in [3.05, 3.63) is 29.3 Å². The molecule has 3 heterocycles. The van der Waals surface area contributed by atoms with Crippen LogP contribution in [0.4, 0.5) is 5.69 Å². The fraction of sp³-hybridized carbons (Fsp3) is 0.400. The number of fused-ring (bicyclic) bond motifs is 1. The number of piperazine rings is 1. The van der Waals surface area contributed by atoms with Gasteiger partial charge in [-0.2, -0.15) is 0 Å². The highest BCUT2D eigenvalue weighted by Crippen LogP contribution is 2.30. The first-order valence-electron chi connectivity index (χ1n) is 9.26. The van der Waals surface area contributed by atoms with Crippen LogP contribution in [0.15, 0.2) is 18.2 Å². The van der Waals surface area contributed by atoms with Crippen molar-refractivity contribution in [1.82, 2.24) is 15.1 Å². The number of carbonyl (C=O) groups excluding carboxylic acids is 4. The smallest absolute Gasteiger partial charge is 0.262 e. The van der Waals surface area contributed by atoms with Crippen LogP contribution < -0.4 is 10.2 Å². The van der Waals surface area contributed by atoms with Crippen molar-refractivity contribution < 1.29 is 19.2 Å². The van der Waals surface area contributed by atoms with E-state index in [1.54, 1.807) is 12.1 Å². The molecule has 0 spiro atoms. The van der Waals surface area contributed by atoms with Gasteiger partial charge >= 0.3 is 0 Å². The third-order valence-corrected chi connectivity index (χ3v) is 5.48. The second-order valence-electron chi connectivity index (χ2n) is 7.14. The first-order valence-corrected chi connectivity index (χ1v) is 9.26. The van der Waals surface area contributed by atoms with Crippen molar-refractivity contribution in [3.8, 4) is 12.3 Å². The van der Waals surface area contributed by atoms with Gasteiger partial charge in [0.1, 0.15) is 6.04 Å². The van der Waals surface area contributed by atoms with Gasteiger partial charge in [-0.05, 0) is 24.6 Å². The van der Waals surface area contributed by atoms with Crippen molar-refractivity contribution in [3.63, 3.8) is 0 Å². The van der Waals surface area contributed by atoms with Gasteiger partial charge in [0.15, 0.2) is 0 Å². The normalized spacial score (nSPS) is 22.9. The Morgan fingerprint density at radius 2 is 1.75 bits per heavy atom. The summed E-state index contributed by atoms with van der Waals surface area (Å²) >= 11 is 0. The molecule has 0 bridgehead atoms. The minimum absolute atomic E-state index is 0.108. The van der Waals surface area contributed by atoms with Crippen LogP contribution in [0.1, 0.15) is 33.6 Å². The molecule has 1 aromatic rings. The van der Waals surface area contributed by atoms with E-state index in [-0.39, 0.29) is 18.7 Å². The standard InChI is InChI=1S/C20H20N4O4/c1-2-7-22-8-10-23(11-9-22)13-3-4-14-15(12-13)20(28)24(19(14)27)16-5-6-17(25)21-18(16)26/h1,3-4,12,16H,5-11H2,(H,21,25,26). The molecule has 4 rings (SSSR count). The quantitative estimate of drug-likeness (QED) is 0.579. The number of piperidine rings is 1. The van der Waals surface area contributed by atoms with Crippen LogP contribution in [-0.4, -0.2) is 72.2 Å². The van der Waals surface area contributed by atoms with Crippen LogP contribution in [-0.2, 0) is 9.59 Å². The van der Waals surface area contributed by atoms with Crippen molar-refractivity contribution >= 4 is 29.3 Å². The number of anilines is 1. The van der Waals surface area contributed by atoms with E-state index in [1.165, 1.54) is 0 Å². The Balaban J connectivity index is 1.54. The highest BCUT2D eigenvalue weighted by molar-refractivity contribution is 6.23. The Labute approximate surface area is 162 Å². The molecule has 0 aliphatic carbocycles. The van der Waals surface area contributed by atoms with E-state index in [0.717, 1.165) is 36.8 Å². The number of hydrogen-bond acceptors (Lipinski definition) is 6. The second kappa shape index (κ2) is 7.09. The Morgan fingerprint density at radius 3 is 2.43 bits per heavy atom. The van der Waals surface area contributed by atoms with E-state index in [9.17, 15) is 19.2 Å². The number of carbonyl (C=O) groups is 4. The van der Waals surface area contributed by atoms with Gasteiger partial charge in [-0.25, -0.2) is 0 Å². The van der Waals surface area contributed by atoms with E-state index in [0.29, 0.717) is 17.7 Å². The monoisotopic (exact) mass is 380 g/mol. The Hall–Kier alpha value is -3.18. The molecule has 1 unspecified atom stereocenters. The topological polar surface area (TPSA) is 90.0 Å². The molecule has 8 heteroatoms. The predicted molar refractivity (Wildman–Crippen MR) is 101 cm³/mol. The molecule has 0 radical (unpaired) electrons. The summed E-state index contributed by atoms with van der Waals surface area (Å²) in [6.45, 7) is 3.83. The predicted octanol–water partition coefficient (Wildman–Crippen LogP) is -0.157. The molecule has 3 aliphatic heterocycles. The Kier molecular flexibility index (Phi) is 4.61. The van der Waals surface area contributed by atoms with Crippen LogP contribution in [0.5, 0.6) is 0 Å². The lowest BCUT2D eigenvalue weighted by Crippen LogP contribution is -2.54. The largest absolute Gasteiger partial charge is 0.369 e. The third-order valence-electron chi connectivity index (χ3n) is 5.48. The van der Waals surface area contributed by atoms with E-state index in [4.69, 9.17) is 6.42 Å². The summed E-state index contributed by atoms with van der Waals surface area (Å²) < 4.78 is 0. The van der Waals surface area contributed by atoms with Gasteiger partial charge in [0.25, 0.3) is 11.8 Å². The first kappa shape index (κ1) is 18.2. The minimum atomic E-state index is -0.944. The third kappa shape index (κ3) is 3.04. The first-order chi connectivity index (χ1) is 13.5. The average Bonchev–Trinajstić information content (AvgIpc) is 2.93. The van der Waals surface area contributed by atoms with Crippen molar-refractivity contribution in [1.29, 1.82) is 0 Å². The maximum Gasteiger partial charge on any atom is 0.262 e. The molecular formula is C20H20N4O4. The van der Waals surface area contributed by atoms with E-state index >= 15 is 0 Å². The van der Waals surface area contributed by atoms with Gasteiger partial charge in [-0.15, -0.1) is 6.42 Å². The second-order valence-corrected chi connectivity index (χ2v) is 7.14. The number of rotatable bonds is 3. The molecule has 0 aromatic heterocycles. The molecule has 0 saturated carbocycles. The van der Waals surface area contributed by atoms with E-state index < -0.39 is 23.8 Å².